The molecule has 12 aromatic carbocycles. The molecule has 0 aliphatic heterocycles. The number of halogens is 8. The third kappa shape index (κ3) is 21.7. The van der Waals surface area contributed by atoms with Gasteiger partial charge in [-0.3, -0.25) is 19.2 Å². The van der Waals surface area contributed by atoms with Gasteiger partial charge in [0.15, 0.2) is 58.2 Å². The van der Waals surface area contributed by atoms with Gasteiger partial charge < -0.3 is 41.7 Å². The molecule has 16 aromatic rings. The standard InChI is InChI=1S/C27H18F5N3O2.C27H21F2N3O2.C27H22IN3O2.C26H21N3O2/c28-21-17(22(29)24(31)25(32)23(21)30)12-20(37)35-27-19(10-13-4-2-1-3-5-13)33-26-16-8-7-15(36)11-14(16)6-9-18(26)34-27;28-21-10-6-17(12-22(21)29)14-25(34)32-27-24(13-16-4-2-1-3-5-16)30-26-20-9-8-19(33)15-18(20)7-11-23(26)31-27;28-20-9-6-18(7-10-20)15-25(33)31-27-24(14-17-4-2-1-3-5-17)29-26-22-12-11-21(32)16-19(22)8-13-23(26)30-27;30-20-12-13-21-19(16-20)11-14-22-24(21)27-23(15-17-7-3-1-4-8-17)25(28-22)29-26(31)18-9-5-2-6-10-18/h1-5,7-8,11,36H,6,9-10,12H2,(H,34,35,37);1-6,8-10,12,15,33H,7,11,13-14H2,(H,31,32,34);1-7,9-12,16,32H,8,13-15H2,(H,30,31,33);1-10,12-13,16,30H,11,14-15H2,(H,28,29,31). The van der Waals surface area contributed by atoms with Crippen LogP contribution in [-0.2, 0) is 111 Å². The first kappa shape index (κ1) is 91.2. The molecule has 8 N–H and O–H groups in total. The van der Waals surface area contributed by atoms with E-state index in [9.17, 15) is 70.3 Å². The highest BCUT2D eigenvalue weighted by Crippen LogP contribution is 2.41. The first-order chi connectivity index (χ1) is 65.4. The smallest absolute Gasteiger partial charge is 0.256 e. The van der Waals surface area contributed by atoms with Crippen molar-refractivity contribution >= 4 is 69.5 Å². The number of anilines is 4. The third-order valence-corrected chi connectivity index (χ3v) is 23.9. The molecule has 0 unspecified atom stereocenters. The molecule has 4 aromatic heterocycles. The Labute approximate surface area is 783 Å². The molecule has 4 amide bonds. The quantitative estimate of drug-likeness (QED) is 0.0161. The molecule has 4 heterocycles. The molecule has 674 valence electrons. The van der Waals surface area contributed by atoms with E-state index in [0.717, 1.165) is 146 Å². The molecule has 0 radical (unpaired) electrons. The Bertz CT molecular complexity index is 7200. The topological polar surface area (TPSA) is 300 Å². The predicted molar refractivity (Wildman–Crippen MR) is 506 cm³/mol. The van der Waals surface area contributed by atoms with E-state index in [4.69, 9.17) is 34.9 Å². The molecule has 0 atom stereocenters. The molecule has 0 spiro atoms. The van der Waals surface area contributed by atoms with Crippen molar-refractivity contribution in [3.8, 4) is 68.0 Å². The van der Waals surface area contributed by atoms with Gasteiger partial charge in [0.05, 0.1) is 87.6 Å². The highest BCUT2D eigenvalue weighted by atomic mass is 127. The van der Waals surface area contributed by atoms with E-state index in [1.807, 2.05) is 182 Å². The van der Waals surface area contributed by atoms with Crippen LogP contribution in [0, 0.1) is 44.3 Å². The first-order valence-electron chi connectivity index (χ1n) is 43.4. The summed E-state index contributed by atoms with van der Waals surface area (Å²) in [5.74, 6) is -12.1. The van der Waals surface area contributed by atoms with Gasteiger partial charge in [0.2, 0.25) is 23.5 Å². The number of fused-ring (bicyclic) bond motifs is 12. The Morgan fingerprint density at radius 3 is 0.896 bits per heavy atom. The number of nitrogens with zero attached hydrogens (tertiary/aromatic N) is 8. The lowest BCUT2D eigenvalue weighted by atomic mass is 9.91. The number of phenols is 4. The van der Waals surface area contributed by atoms with Crippen LogP contribution < -0.4 is 21.3 Å². The van der Waals surface area contributed by atoms with E-state index < -0.39 is 64.5 Å². The van der Waals surface area contributed by atoms with E-state index in [-0.39, 0.29) is 59.9 Å². The lowest BCUT2D eigenvalue weighted by Gasteiger charge is -2.21. The summed E-state index contributed by atoms with van der Waals surface area (Å²) in [7, 11) is 0. The molecule has 0 fully saturated rings. The minimum atomic E-state index is -2.29. The number of benzene rings is 12. The van der Waals surface area contributed by atoms with Crippen LogP contribution >= 0.6 is 22.6 Å². The maximum atomic E-state index is 14.1. The largest absolute Gasteiger partial charge is 0.508 e. The monoisotopic (exact) mass is 1920 g/mol. The molecule has 0 saturated carbocycles. The lowest BCUT2D eigenvalue weighted by molar-refractivity contribution is -0.116. The van der Waals surface area contributed by atoms with Crippen molar-refractivity contribution in [3.05, 3.63) is 424 Å². The maximum absolute atomic E-state index is 14.1. The van der Waals surface area contributed by atoms with Crippen LogP contribution in [0.1, 0.15) is 117 Å². The van der Waals surface area contributed by atoms with Crippen molar-refractivity contribution in [2.45, 2.75) is 96.3 Å². The molecule has 135 heavy (non-hydrogen) atoms. The number of rotatable bonds is 19. The number of hydrogen-bond acceptors (Lipinski definition) is 16. The normalized spacial score (nSPS) is 12.1. The van der Waals surface area contributed by atoms with Crippen molar-refractivity contribution in [2.75, 3.05) is 21.3 Å². The Kier molecular flexibility index (Phi) is 27.7. The van der Waals surface area contributed by atoms with Gasteiger partial charge in [-0.15, -0.1) is 0 Å². The van der Waals surface area contributed by atoms with Crippen molar-refractivity contribution in [3.63, 3.8) is 0 Å². The number of amides is 4. The molecule has 20 rings (SSSR count). The molecule has 4 aliphatic rings. The van der Waals surface area contributed by atoms with Crippen LogP contribution in [0.4, 0.5) is 54.0 Å². The van der Waals surface area contributed by atoms with Crippen LogP contribution in [0.3, 0.4) is 0 Å². The van der Waals surface area contributed by atoms with Crippen molar-refractivity contribution in [1.29, 1.82) is 0 Å². The van der Waals surface area contributed by atoms with E-state index >= 15 is 0 Å². The van der Waals surface area contributed by atoms with Gasteiger partial charge in [-0.1, -0.05) is 158 Å². The summed E-state index contributed by atoms with van der Waals surface area (Å²) in [5.41, 5.74) is 20.8. The zero-order valence-electron chi connectivity index (χ0n) is 72.0. The summed E-state index contributed by atoms with van der Waals surface area (Å²) in [4.78, 5) is 89.8. The Balaban J connectivity index is 0.000000125. The zero-order valence-corrected chi connectivity index (χ0v) is 74.2. The Morgan fingerprint density at radius 1 is 0.281 bits per heavy atom. The number of aryl methyl sites for hydroxylation is 8. The van der Waals surface area contributed by atoms with Gasteiger partial charge in [-0.25, -0.2) is 70.6 Å². The summed E-state index contributed by atoms with van der Waals surface area (Å²) in [6, 6.07) is 80.3. The number of carbonyl (C=O) groups is 4. The number of phenolic OH excluding ortho intramolecular Hbond substituents is 4. The van der Waals surface area contributed by atoms with Crippen molar-refractivity contribution < 1.29 is 70.3 Å². The molecule has 28 heteroatoms. The van der Waals surface area contributed by atoms with E-state index in [1.165, 1.54) is 12.1 Å². The van der Waals surface area contributed by atoms with E-state index in [2.05, 4.69) is 48.8 Å². The number of aromatic hydroxyl groups is 4. The Hall–Kier alpha value is -15.7. The number of carbonyl (C=O) groups excluding carboxylic acids is 4. The fraction of sp³-hybridized carbons (Fsp3) is 0.140. The number of nitrogens with one attached hydrogen (secondary N) is 4. The second kappa shape index (κ2) is 41.0. The fourth-order valence-electron chi connectivity index (χ4n) is 16.6. The minimum absolute atomic E-state index is 0.0266. The summed E-state index contributed by atoms with van der Waals surface area (Å²) in [6.45, 7) is 0. The minimum Gasteiger partial charge on any atom is -0.508 e. The van der Waals surface area contributed by atoms with E-state index in [0.29, 0.717) is 109 Å². The van der Waals surface area contributed by atoms with Gasteiger partial charge in [0.25, 0.3) is 5.91 Å². The second-order valence-electron chi connectivity index (χ2n) is 32.7. The zero-order chi connectivity index (χ0) is 93.9. The fourth-order valence-corrected chi connectivity index (χ4v) is 17.0. The SMILES string of the molecule is O=C(Cc1c(F)c(F)c(F)c(F)c1F)Nc1nc2c(nc1Cc1ccccc1)-c1ccc(O)cc1CC2.O=C(Cc1ccc(F)c(F)c1)Nc1nc2c(nc1Cc1ccccc1)-c1ccc(O)cc1CC2.O=C(Cc1ccc(I)cc1)Nc1nc2c(nc1Cc1ccccc1)-c1ccc(O)cc1CC2.O=C(Nc1nc2c(nc1Cc1ccccc1)-c1ccc(O)cc1CC2)c1ccccc1. The molecule has 0 saturated heterocycles. The molecular weight excluding hydrogens is 1840 g/mol. The van der Waals surface area contributed by atoms with Gasteiger partial charge >= 0.3 is 0 Å². The molecule has 20 nitrogen and oxygen atoms in total. The molecular formula is C107H82F7IN12O8. The average molecular weight is 1920 g/mol. The van der Waals surface area contributed by atoms with Crippen LogP contribution in [-0.4, -0.2) is 83.9 Å². The molecule has 4 aliphatic carbocycles. The van der Waals surface area contributed by atoms with E-state index in [1.54, 1.807) is 60.7 Å². The van der Waals surface area contributed by atoms with Gasteiger partial charge in [-0.2, -0.15) is 0 Å². The first-order valence-corrected chi connectivity index (χ1v) is 44.5. The molecule has 0 bridgehead atoms. The summed E-state index contributed by atoms with van der Waals surface area (Å²) < 4.78 is 96.7. The predicted octanol–water partition coefficient (Wildman–Crippen LogP) is 20.5. The second-order valence-corrected chi connectivity index (χ2v) is 33.9. The highest BCUT2D eigenvalue weighted by molar-refractivity contribution is 14.1. The maximum Gasteiger partial charge on any atom is 0.256 e. The van der Waals surface area contributed by atoms with Crippen molar-refractivity contribution in [2.24, 2.45) is 0 Å². The van der Waals surface area contributed by atoms with Crippen LogP contribution in [0.5, 0.6) is 23.0 Å². The summed E-state index contributed by atoms with van der Waals surface area (Å²) in [5, 5.41) is 50.7. The van der Waals surface area contributed by atoms with Crippen LogP contribution in [0.15, 0.2) is 267 Å². The van der Waals surface area contributed by atoms with Gasteiger partial charge in [-0.05, 0) is 239 Å². The van der Waals surface area contributed by atoms with Crippen molar-refractivity contribution in [1.82, 2.24) is 39.9 Å². The summed E-state index contributed by atoms with van der Waals surface area (Å²) in [6.07, 6.45) is 6.17. The summed E-state index contributed by atoms with van der Waals surface area (Å²) >= 11 is 2.25. The highest BCUT2D eigenvalue weighted by Gasteiger charge is 2.32. The Morgan fingerprint density at radius 2 is 0.570 bits per heavy atom. The number of hydrogen-bond donors (Lipinski definition) is 8. The lowest BCUT2D eigenvalue weighted by Crippen LogP contribution is -2.21. The van der Waals surface area contributed by atoms with Gasteiger partial charge in [0, 0.05) is 62.6 Å². The van der Waals surface area contributed by atoms with Crippen LogP contribution in [0.25, 0.3) is 45.0 Å². The van der Waals surface area contributed by atoms with Crippen LogP contribution in [0.2, 0.25) is 0 Å². The number of aromatic nitrogens is 8. The third-order valence-electron chi connectivity index (χ3n) is 23.2. The van der Waals surface area contributed by atoms with Gasteiger partial charge in [0.1, 0.15) is 23.0 Å². The average Bonchev–Trinajstić information content (AvgIpc) is 0.776.